The number of aliphatic hydroxyl groups is 1. The number of halogens is 1. The van der Waals surface area contributed by atoms with Crippen LogP contribution < -0.4 is 15.0 Å². The summed E-state index contributed by atoms with van der Waals surface area (Å²) in [6.45, 7) is 5.84. The van der Waals surface area contributed by atoms with Gasteiger partial charge in [0.15, 0.2) is 5.75 Å². The maximum absolute atomic E-state index is 12.7. The number of piperidine rings is 1. The van der Waals surface area contributed by atoms with Crippen molar-refractivity contribution in [3.8, 4) is 5.75 Å². The normalized spacial score (nSPS) is 21.5. The number of nitrogens with one attached hydrogen (secondary N) is 1. The maximum atomic E-state index is 12.7. The van der Waals surface area contributed by atoms with Crippen molar-refractivity contribution in [2.45, 2.75) is 30.8 Å². The first-order valence-corrected chi connectivity index (χ1v) is 11.0. The number of rotatable bonds is 5. The smallest absolute Gasteiger partial charge is 0.235 e. The summed E-state index contributed by atoms with van der Waals surface area (Å²) < 4.78 is 5.81. The third-order valence-corrected chi connectivity index (χ3v) is 6.76. The molecule has 2 N–H and O–H groups in total. The largest absolute Gasteiger partial charge is 0.489 e. The number of hydrogen-bond donors (Lipinski definition) is 2. The molecular weight excluding hydrogens is 418 g/mol. The van der Waals surface area contributed by atoms with Crippen LogP contribution in [-0.2, 0) is 10.2 Å². The number of anilines is 2. The van der Waals surface area contributed by atoms with E-state index in [0.717, 1.165) is 43.7 Å². The van der Waals surface area contributed by atoms with Gasteiger partial charge in [0.1, 0.15) is 6.61 Å². The van der Waals surface area contributed by atoms with Crippen molar-refractivity contribution in [2.24, 2.45) is 0 Å². The van der Waals surface area contributed by atoms with Crippen molar-refractivity contribution in [2.75, 3.05) is 49.5 Å². The monoisotopic (exact) mass is 443 g/mol. The molecule has 0 aliphatic carbocycles. The molecule has 2 fully saturated rings. The summed E-state index contributed by atoms with van der Waals surface area (Å²) in [6.07, 6.45) is 4.88. The van der Waals surface area contributed by atoms with E-state index in [9.17, 15) is 9.90 Å². The van der Waals surface area contributed by atoms with E-state index in [0.29, 0.717) is 36.4 Å². The molecule has 3 aliphatic rings. The lowest BCUT2D eigenvalue weighted by atomic mass is 9.73. The fraction of sp³-hybridized carbons (Fsp3) is 0.500. The van der Waals surface area contributed by atoms with Crippen molar-refractivity contribution in [1.29, 1.82) is 0 Å². The quantitative estimate of drug-likeness (QED) is 0.730. The first kappa shape index (κ1) is 20.5. The van der Waals surface area contributed by atoms with Crippen LogP contribution >= 0.6 is 11.6 Å². The first-order chi connectivity index (χ1) is 14.8. The summed E-state index contributed by atoms with van der Waals surface area (Å²) in [7, 11) is 0. The zero-order valence-electron chi connectivity index (χ0n) is 17.5. The number of carbonyl (C=O) groups is 1. The van der Waals surface area contributed by atoms with E-state index >= 15 is 0 Å². The lowest BCUT2D eigenvalue weighted by molar-refractivity contribution is -0.122. The summed E-state index contributed by atoms with van der Waals surface area (Å²) in [5.74, 6) is 1.32. The van der Waals surface area contributed by atoms with E-state index < -0.39 is 11.0 Å². The molecule has 164 valence electrons. The molecule has 8 nitrogen and oxygen atoms in total. The summed E-state index contributed by atoms with van der Waals surface area (Å²) in [5, 5.41) is 13.5. The van der Waals surface area contributed by atoms with Gasteiger partial charge >= 0.3 is 0 Å². The number of benzene rings is 1. The molecule has 4 heterocycles. The van der Waals surface area contributed by atoms with Crippen molar-refractivity contribution >= 4 is 29.1 Å². The molecule has 3 aliphatic heterocycles. The Morgan fingerprint density at radius 1 is 1.23 bits per heavy atom. The standard InChI is InChI=1S/C22H26ClN5O3/c1-21(30)13-28(14-21)20-24-11-16(12-25-20)31-9-8-27-6-4-22(5-7-27)17-10-15(23)2-3-18(17)26-19(22)29/h2-3,10-12,30H,4-9,13-14H2,1H3,(H,26,29). The number of amides is 1. The molecule has 1 aromatic carbocycles. The SMILES string of the molecule is CC1(O)CN(c2ncc(OCCN3CCC4(CC3)C(=O)Nc3ccc(Cl)cc34)cn2)C1. The molecule has 1 aromatic heterocycles. The summed E-state index contributed by atoms with van der Waals surface area (Å²) >= 11 is 6.19. The second-order valence-electron chi connectivity index (χ2n) is 8.99. The van der Waals surface area contributed by atoms with Gasteiger partial charge in [-0.2, -0.15) is 0 Å². The Labute approximate surface area is 186 Å². The Morgan fingerprint density at radius 3 is 2.61 bits per heavy atom. The fourth-order valence-electron chi connectivity index (χ4n) is 4.80. The van der Waals surface area contributed by atoms with Gasteiger partial charge in [0.2, 0.25) is 11.9 Å². The van der Waals surface area contributed by atoms with Gasteiger partial charge in [0, 0.05) is 17.3 Å². The number of carbonyl (C=O) groups excluding carboxylic acids is 1. The molecular formula is C22H26ClN5O3. The molecule has 0 unspecified atom stereocenters. The Balaban J connectivity index is 1.11. The minimum atomic E-state index is -0.654. The second-order valence-corrected chi connectivity index (χ2v) is 9.42. The van der Waals surface area contributed by atoms with Crippen molar-refractivity contribution in [1.82, 2.24) is 14.9 Å². The molecule has 0 atom stereocenters. The molecule has 9 heteroatoms. The van der Waals surface area contributed by atoms with Crippen LogP contribution in [0.5, 0.6) is 5.75 Å². The lowest BCUT2D eigenvalue weighted by Crippen LogP contribution is -2.60. The average molecular weight is 444 g/mol. The first-order valence-electron chi connectivity index (χ1n) is 10.6. The highest BCUT2D eigenvalue weighted by Crippen LogP contribution is 2.45. The Bertz CT molecular complexity index is 981. The highest BCUT2D eigenvalue weighted by atomic mass is 35.5. The van der Waals surface area contributed by atoms with Crippen LogP contribution in [0.3, 0.4) is 0 Å². The number of aromatic nitrogens is 2. The van der Waals surface area contributed by atoms with Crippen molar-refractivity contribution < 1.29 is 14.6 Å². The Hall–Kier alpha value is -2.42. The second kappa shape index (κ2) is 7.62. The maximum Gasteiger partial charge on any atom is 0.235 e. The molecule has 0 radical (unpaired) electrons. The highest BCUT2D eigenvalue weighted by Gasteiger charge is 2.48. The van der Waals surface area contributed by atoms with Gasteiger partial charge < -0.3 is 20.1 Å². The fourth-order valence-corrected chi connectivity index (χ4v) is 4.97. The molecule has 5 rings (SSSR count). The van der Waals surface area contributed by atoms with E-state index in [-0.39, 0.29) is 5.91 Å². The van der Waals surface area contributed by atoms with E-state index in [1.807, 2.05) is 23.1 Å². The van der Waals surface area contributed by atoms with Crippen molar-refractivity contribution in [3.05, 3.63) is 41.2 Å². The molecule has 31 heavy (non-hydrogen) atoms. The number of fused-ring (bicyclic) bond motifs is 2. The molecule has 2 saturated heterocycles. The van der Waals surface area contributed by atoms with Crippen LogP contribution in [0.1, 0.15) is 25.3 Å². The molecule has 0 bridgehead atoms. The van der Waals surface area contributed by atoms with Gasteiger partial charge in [0.05, 0.1) is 36.5 Å². The van der Waals surface area contributed by atoms with Crippen LogP contribution in [0, 0.1) is 0 Å². The Kier molecular flexibility index (Phi) is 5.03. The molecule has 1 spiro atoms. The number of hydrogen-bond acceptors (Lipinski definition) is 7. The summed E-state index contributed by atoms with van der Waals surface area (Å²) in [4.78, 5) is 25.6. The van der Waals surface area contributed by atoms with Gasteiger partial charge in [-0.15, -0.1) is 0 Å². The van der Waals surface area contributed by atoms with Crippen LogP contribution in [-0.4, -0.2) is 70.8 Å². The topological polar surface area (TPSA) is 90.8 Å². The Morgan fingerprint density at radius 2 is 1.94 bits per heavy atom. The van der Waals surface area contributed by atoms with Crippen LogP contribution in [0.25, 0.3) is 0 Å². The van der Waals surface area contributed by atoms with E-state index in [4.69, 9.17) is 16.3 Å². The zero-order chi connectivity index (χ0) is 21.6. The van der Waals surface area contributed by atoms with Crippen molar-refractivity contribution in [3.63, 3.8) is 0 Å². The average Bonchev–Trinajstić information content (AvgIpc) is 2.99. The van der Waals surface area contributed by atoms with Gasteiger partial charge in [0.25, 0.3) is 0 Å². The predicted molar refractivity (Wildman–Crippen MR) is 118 cm³/mol. The van der Waals surface area contributed by atoms with E-state index in [2.05, 4.69) is 20.2 Å². The number of β-amino-alcohol motifs (C(OH)–C–C–N with tert-alkyl or cyclic N) is 1. The van der Waals surface area contributed by atoms with Crippen LogP contribution in [0.15, 0.2) is 30.6 Å². The third-order valence-electron chi connectivity index (χ3n) is 6.53. The summed E-state index contributed by atoms with van der Waals surface area (Å²) in [6, 6.07) is 5.64. The van der Waals surface area contributed by atoms with E-state index in [1.54, 1.807) is 19.3 Å². The molecule has 1 amide bonds. The molecule has 2 aromatic rings. The number of nitrogens with zero attached hydrogens (tertiary/aromatic N) is 4. The van der Waals surface area contributed by atoms with Gasteiger partial charge in [-0.25, -0.2) is 9.97 Å². The number of likely N-dealkylation sites (tertiary alicyclic amines) is 1. The van der Waals surface area contributed by atoms with Crippen LogP contribution in [0.2, 0.25) is 5.02 Å². The van der Waals surface area contributed by atoms with Gasteiger partial charge in [-0.05, 0) is 56.6 Å². The zero-order valence-corrected chi connectivity index (χ0v) is 18.2. The van der Waals surface area contributed by atoms with Gasteiger partial charge in [-0.3, -0.25) is 9.69 Å². The highest BCUT2D eigenvalue weighted by molar-refractivity contribution is 6.31. The minimum absolute atomic E-state index is 0.0848. The van der Waals surface area contributed by atoms with Gasteiger partial charge in [-0.1, -0.05) is 11.6 Å². The summed E-state index contributed by atoms with van der Waals surface area (Å²) in [5.41, 5.74) is 0.792. The molecule has 0 saturated carbocycles. The third kappa shape index (κ3) is 3.84. The predicted octanol–water partition coefficient (Wildman–Crippen LogP) is 2.07. The van der Waals surface area contributed by atoms with Crippen LogP contribution in [0.4, 0.5) is 11.6 Å². The number of ether oxygens (including phenoxy) is 1. The lowest BCUT2D eigenvalue weighted by Gasteiger charge is -2.44. The van der Waals surface area contributed by atoms with E-state index in [1.165, 1.54) is 0 Å². The minimum Gasteiger partial charge on any atom is -0.489 e.